The minimum atomic E-state index is 0.412. The maximum absolute atomic E-state index is 6.10. The Bertz CT molecular complexity index is 867. The summed E-state index contributed by atoms with van der Waals surface area (Å²) in [5, 5.41) is 5.56. The number of rotatable bonds is 6. The van der Waals surface area contributed by atoms with Crippen molar-refractivity contribution in [3.8, 4) is 5.75 Å². The lowest BCUT2D eigenvalue weighted by Crippen LogP contribution is -1.99. The third kappa shape index (κ3) is 5.24. The van der Waals surface area contributed by atoms with Crippen molar-refractivity contribution in [1.29, 1.82) is 0 Å². The van der Waals surface area contributed by atoms with Crippen LogP contribution in [0.2, 0.25) is 10.0 Å². The number of benzene rings is 3. The van der Waals surface area contributed by atoms with Gasteiger partial charge in [-0.2, -0.15) is 5.10 Å². The zero-order valence-electron chi connectivity index (χ0n) is 13.3. The number of para-hydroxylation sites is 1. The molecule has 25 heavy (non-hydrogen) atoms. The zero-order valence-corrected chi connectivity index (χ0v) is 14.8. The largest absolute Gasteiger partial charge is 0.488 e. The predicted molar refractivity (Wildman–Crippen MR) is 105 cm³/mol. The highest BCUT2D eigenvalue weighted by Gasteiger charge is 2.04. The van der Waals surface area contributed by atoms with E-state index >= 15 is 0 Å². The van der Waals surface area contributed by atoms with Crippen LogP contribution in [0.25, 0.3) is 0 Å². The van der Waals surface area contributed by atoms with Crippen LogP contribution in [-0.4, -0.2) is 6.21 Å². The van der Waals surface area contributed by atoms with E-state index in [-0.39, 0.29) is 0 Å². The van der Waals surface area contributed by atoms with E-state index in [1.807, 2.05) is 66.7 Å². The average molecular weight is 371 g/mol. The van der Waals surface area contributed by atoms with Crippen molar-refractivity contribution in [2.45, 2.75) is 6.61 Å². The van der Waals surface area contributed by atoms with Gasteiger partial charge in [-0.05, 0) is 48.0 Å². The SMILES string of the molecule is Clc1cccc(COc2ccc(Cl)cc2/C=N\Nc2ccccc2)c1. The summed E-state index contributed by atoms with van der Waals surface area (Å²) in [6.07, 6.45) is 1.69. The van der Waals surface area contributed by atoms with Crippen LogP contribution >= 0.6 is 23.2 Å². The van der Waals surface area contributed by atoms with Crippen molar-refractivity contribution in [1.82, 2.24) is 0 Å². The van der Waals surface area contributed by atoms with Crippen molar-refractivity contribution in [2.24, 2.45) is 5.10 Å². The molecule has 3 aromatic carbocycles. The smallest absolute Gasteiger partial charge is 0.128 e. The molecule has 0 amide bonds. The first-order chi connectivity index (χ1) is 12.2. The number of nitrogens with one attached hydrogen (secondary N) is 1. The van der Waals surface area contributed by atoms with Gasteiger partial charge in [0.1, 0.15) is 12.4 Å². The summed E-state index contributed by atoms with van der Waals surface area (Å²) in [5.74, 6) is 0.697. The molecule has 0 aliphatic carbocycles. The van der Waals surface area contributed by atoms with Crippen molar-refractivity contribution >= 4 is 35.1 Å². The lowest BCUT2D eigenvalue weighted by molar-refractivity contribution is 0.306. The highest BCUT2D eigenvalue weighted by atomic mass is 35.5. The fourth-order valence-corrected chi connectivity index (χ4v) is 2.62. The maximum atomic E-state index is 6.10. The molecule has 0 saturated carbocycles. The van der Waals surface area contributed by atoms with Gasteiger partial charge >= 0.3 is 0 Å². The van der Waals surface area contributed by atoms with Gasteiger partial charge in [0, 0.05) is 15.6 Å². The van der Waals surface area contributed by atoms with Gasteiger partial charge in [0.25, 0.3) is 0 Å². The minimum absolute atomic E-state index is 0.412. The first-order valence-corrected chi connectivity index (χ1v) is 8.47. The van der Waals surface area contributed by atoms with Gasteiger partial charge in [0.2, 0.25) is 0 Å². The fraction of sp³-hybridized carbons (Fsp3) is 0.0500. The topological polar surface area (TPSA) is 33.6 Å². The summed E-state index contributed by atoms with van der Waals surface area (Å²) >= 11 is 12.1. The first-order valence-electron chi connectivity index (χ1n) is 7.71. The second-order valence-electron chi connectivity index (χ2n) is 5.34. The normalized spacial score (nSPS) is 10.8. The van der Waals surface area contributed by atoms with E-state index in [2.05, 4.69) is 10.5 Å². The van der Waals surface area contributed by atoms with Crippen LogP contribution in [0.3, 0.4) is 0 Å². The number of hydrazone groups is 1. The van der Waals surface area contributed by atoms with Crippen LogP contribution in [-0.2, 0) is 6.61 Å². The molecule has 0 fully saturated rings. The molecule has 0 unspecified atom stereocenters. The lowest BCUT2D eigenvalue weighted by Gasteiger charge is -2.10. The summed E-state index contributed by atoms with van der Waals surface area (Å²) in [7, 11) is 0. The summed E-state index contributed by atoms with van der Waals surface area (Å²) in [6, 6.07) is 22.7. The zero-order chi connectivity index (χ0) is 17.5. The Kier molecular flexibility index (Phi) is 5.94. The molecule has 3 nitrogen and oxygen atoms in total. The molecular weight excluding hydrogens is 355 g/mol. The van der Waals surface area contributed by atoms with Crippen LogP contribution in [0.1, 0.15) is 11.1 Å². The Morgan fingerprint density at radius 3 is 2.48 bits per heavy atom. The predicted octanol–water partition coefficient (Wildman–Crippen LogP) is 6.02. The minimum Gasteiger partial charge on any atom is -0.488 e. The van der Waals surface area contributed by atoms with E-state index in [0.717, 1.165) is 16.8 Å². The first kappa shape index (κ1) is 17.3. The summed E-state index contributed by atoms with van der Waals surface area (Å²) < 4.78 is 5.90. The van der Waals surface area contributed by atoms with E-state index in [0.29, 0.717) is 22.4 Å². The molecule has 3 rings (SSSR count). The standard InChI is InChI=1S/C20H16Cl2N2O/c21-17-6-4-5-15(11-17)14-25-20-10-9-18(22)12-16(20)13-23-24-19-7-2-1-3-8-19/h1-13,24H,14H2/b23-13-. The second kappa shape index (κ2) is 8.56. The summed E-state index contributed by atoms with van der Waals surface area (Å²) in [5.41, 5.74) is 5.66. The molecule has 0 atom stereocenters. The Hall–Kier alpha value is -2.49. The Morgan fingerprint density at radius 1 is 0.880 bits per heavy atom. The highest BCUT2D eigenvalue weighted by Crippen LogP contribution is 2.23. The third-order valence-electron chi connectivity index (χ3n) is 3.43. The van der Waals surface area contributed by atoms with Crippen molar-refractivity contribution in [2.75, 3.05) is 5.43 Å². The monoisotopic (exact) mass is 370 g/mol. The summed E-state index contributed by atoms with van der Waals surface area (Å²) in [6.45, 7) is 0.412. The van der Waals surface area contributed by atoms with Crippen LogP contribution in [0, 0.1) is 0 Å². The number of hydrogen-bond acceptors (Lipinski definition) is 3. The molecule has 0 aliphatic rings. The van der Waals surface area contributed by atoms with Gasteiger partial charge in [-0.25, -0.2) is 0 Å². The van der Waals surface area contributed by atoms with Crippen LogP contribution in [0.15, 0.2) is 77.9 Å². The molecule has 5 heteroatoms. The van der Waals surface area contributed by atoms with Gasteiger partial charge in [-0.3, -0.25) is 5.43 Å². The molecule has 126 valence electrons. The molecule has 0 spiro atoms. The Balaban J connectivity index is 1.71. The third-order valence-corrected chi connectivity index (χ3v) is 3.90. The lowest BCUT2D eigenvalue weighted by atomic mass is 10.2. The Morgan fingerprint density at radius 2 is 1.68 bits per heavy atom. The van der Waals surface area contributed by atoms with Gasteiger partial charge in [-0.15, -0.1) is 0 Å². The quantitative estimate of drug-likeness (QED) is 0.425. The number of nitrogens with zero attached hydrogens (tertiary/aromatic N) is 1. The van der Waals surface area contributed by atoms with E-state index < -0.39 is 0 Å². The van der Waals surface area contributed by atoms with Gasteiger partial charge in [-0.1, -0.05) is 53.5 Å². The van der Waals surface area contributed by atoms with Crippen molar-refractivity contribution in [3.63, 3.8) is 0 Å². The number of halogens is 2. The number of ether oxygens (including phenoxy) is 1. The van der Waals surface area contributed by atoms with Gasteiger partial charge in [0.15, 0.2) is 0 Å². The molecular formula is C20H16Cl2N2O. The average Bonchev–Trinajstić information content (AvgIpc) is 2.62. The van der Waals surface area contributed by atoms with E-state index in [1.165, 1.54) is 0 Å². The van der Waals surface area contributed by atoms with Crippen LogP contribution < -0.4 is 10.2 Å². The summed E-state index contributed by atoms with van der Waals surface area (Å²) in [4.78, 5) is 0. The maximum Gasteiger partial charge on any atom is 0.128 e. The van der Waals surface area contributed by atoms with Crippen LogP contribution in [0.4, 0.5) is 5.69 Å². The fourth-order valence-electron chi connectivity index (χ4n) is 2.23. The highest BCUT2D eigenvalue weighted by molar-refractivity contribution is 6.31. The van der Waals surface area contributed by atoms with E-state index in [1.54, 1.807) is 12.3 Å². The molecule has 0 heterocycles. The molecule has 0 bridgehead atoms. The molecule has 0 radical (unpaired) electrons. The van der Waals surface area contributed by atoms with E-state index in [9.17, 15) is 0 Å². The van der Waals surface area contributed by atoms with Crippen molar-refractivity contribution < 1.29 is 4.74 Å². The second-order valence-corrected chi connectivity index (χ2v) is 6.21. The number of anilines is 1. The van der Waals surface area contributed by atoms with Gasteiger partial charge in [0.05, 0.1) is 11.9 Å². The van der Waals surface area contributed by atoms with Gasteiger partial charge < -0.3 is 4.74 Å². The molecule has 0 aromatic heterocycles. The molecule has 0 aliphatic heterocycles. The Labute approximate surface area is 156 Å². The molecule has 1 N–H and O–H groups in total. The van der Waals surface area contributed by atoms with Crippen molar-refractivity contribution in [3.05, 3.63) is 94.0 Å². The number of hydrogen-bond donors (Lipinski definition) is 1. The molecule has 0 saturated heterocycles. The van der Waals surface area contributed by atoms with E-state index in [4.69, 9.17) is 27.9 Å². The van der Waals surface area contributed by atoms with Crippen LogP contribution in [0.5, 0.6) is 5.75 Å². The molecule has 3 aromatic rings.